The number of aliphatic imine (C=N–C) groups is 1. The standard InChI is InChI=1S/C9H11NO2/c1-3-9(11-5-6-12-9)8-7(1)2-4-10-8/h4H,1-3,5-6H2. The highest BCUT2D eigenvalue weighted by Crippen LogP contribution is 2.45. The van der Waals surface area contributed by atoms with Gasteiger partial charge in [0.2, 0.25) is 5.79 Å². The van der Waals surface area contributed by atoms with Gasteiger partial charge in [-0.1, -0.05) is 0 Å². The summed E-state index contributed by atoms with van der Waals surface area (Å²) in [6, 6.07) is 0. The van der Waals surface area contributed by atoms with Gasteiger partial charge < -0.3 is 9.47 Å². The molecule has 0 aromatic rings. The van der Waals surface area contributed by atoms with E-state index in [1.807, 2.05) is 6.21 Å². The minimum atomic E-state index is -0.428. The van der Waals surface area contributed by atoms with E-state index in [9.17, 15) is 0 Å². The van der Waals surface area contributed by atoms with Crippen molar-refractivity contribution >= 4 is 6.21 Å². The highest BCUT2D eigenvalue weighted by atomic mass is 16.7. The molecule has 0 saturated carbocycles. The Kier molecular flexibility index (Phi) is 1.23. The summed E-state index contributed by atoms with van der Waals surface area (Å²) in [5, 5.41) is 0. The van der Waals surface area contributed by atoms with E-state index in [4.69, 9.17) is 9.47 Å². The van der Waals surface area contributed by atoms with Gasteiger partial charge in [-0.05, 0) is 12.0 Å². The maximum absolute atomic E-state index is 5.62. The van der Waals surface area contributed by atoms with E-state index in [1.54, 1.807) is 0 Å². The van der Waals surface area contributed by atoms with Crippen LogP contribution in [0.4, 0.5) is 0 Å². The van der Waals surface area contributed by atoms with Gasteiger partial charge in [0, 0.05) is 19.1 Å². The van der Waals surface area contributed by atoms with Crippen molar-refractivity contribution in [2.24, 2.45) is 4.99 Å². The Balaban J connectivity index is 2.02. The van der Waals surface area contributed by atoms with Gasteiger partial charge in [-0.2, -0.15) is 0 Å². The lowest BCUT2D eigenvalue weighted by atomic mass is 10.2. The molecule has 0 aromatic heterocycles. The second-order valence-corrected chi connectivity index (χ2v) is 3.42. The molecular weight excluding hydrogens is 154 g/mol. The number of fused-ring (bicyclic) bond motifs is 1. The van der Waals surface area contributed by atoms with E-state index < -0.39 is 5.79 Å². The molecule has 2 heterocycles. The molecule has 3 nitrogen and oxygen atoms in total. The van der Waals surface area contributed by atoms with E-state index >= 15 is 0 Å². The van der Waals surface area contributed by atoms with Crippen LogP contribution in [0.2, 0.25) is 0 Å². The van der Waals surface area contributed by atoms with Crippen molar-refractivity contribution in [3.63, 3.8) is 0 Å². The molecule has 12 heavy (non-hydrogen) atoms. The average molecular weight is 165 g/mol. The number of hydrogen-bond acceptors (Lipinski definition) is 3. The summed E-state index contributed by atoms with van der Waals surface area (Å²) in [7, 11) is 0. The van der Waals surface area contributed by atoms with Gasteiger partial charge >= 0.3 is 0 Å². The summed E-state index contributed by atoms with van der Waals surface area (Å²) in [4.78, 5) is 4.34. The zero-order chi connectivity index (χ0) is 8.02. The molecule has 1 spiro atoms. The van der Waals surface area contributed by atoms with Crippen molar-refractivity contribution in [3.8, 4) is 0 Å². The predicted octanol–water partition coefficient (Wildman–Crippen LogP) is 1.25. The Hall–Kier alpha value is -0.670. The van der Waals surface area contributed by atoms with Crippen molar-refractivity contribution in [2.75, 3.05) is 13.2 Å². The minimum Gasteiger partial charge on any atom is -0.342 e. The van der Waals surface area contributed by atoms with Crippen LogP contribution in [-0.2, 0) is 9.47 Å². The van der Waals surface area contributed by atoms with Crippen LogP contribution in [-0.4, -0.2) is 25.2 Å². The molecule has 3 rings (SSSR count). The van der Waals surface area contributed by atoms with Crippen LogP contribution in [0.15, 0.2) is 16.3 Å². The van der Waals surface area contributed by atoms with Gasteiger partial charge in [0.05, 0.1) is 18.9 Å². The lowest BCUT2D eigenvalue weighted by Gasteiger charge is -2.22. The first kappa shape index (κ1) is 6.80. The summed E-state index contributed by atoms with van der Waals surface area (Å²) in [6.07, 6.45) is 5.02. The molecule has 1 saturated heterocycles. The number of ether oxygens (including phenoxy) is 2. The van der Waals surface area contributed by atoms with E-state index in [0.717, 1.165) is 25.0 Å². The second-order valence-electron chi connectivity index (χ2n) is 3.42. The monoisotopic (exact) mass is 165 g/mol. The molecule has 1 aliphatic carbocycles. The Morgan fingerprint density at radius 3 is 3.00 bits per heavy atom. The Morgan fingerprint density at radius 1 is 1.33 bits per heavy atom. The third kappa shape index (κ3) is 0.704. The summed E-state index contributed by atoms with van der Waals surface area (Å²) in [5.74, 6) is -0.428. The molecule has 2 aliphatic heterocycles. The first-order chi connectivity index (χ1) is 5.91. The summed E-state index contributed by atoms with van der Waals surface area (Å²) in [5.41, 5.74) is 2.48. The fraction of sp³-hybridized carbons (Fsp3) is 0.667. The number of allylic oxidation sites excluding steroid dienone is 1. The molecule has 64 valence electrons. The lowest BCUT2D eigenvalue weighted by molar-refractivity contribution is -0.124. The topological polar surface area (TPSA) is 30.8 Å². The molecule has 0 unspecified atom stereocenters. The highest BCUT2D eigenvalue weighted by Gasteiger charge is 2.47. The maximum atomic E-state index is 5.62. The predicted molar refractivity (Wildman–Crippen MR) is 44.0 cm³/mol. The van der Waals surface area contributed by atoms with Crippen LogP contribution < -0.4 is 0 Å². The van der Waals surface area contributed by atoms with Gasteiger partial charge in [0.15, 0.2) is 0 Å². The average Bonchev–Trinajstić information content (AvgIpc) is 2.76. The van der Waals surface area contributed by atoms with Crippen LogP contribution in [0.25, 0.3) is 0 Å². The molecule has 0 N–H and O–H groups in total. The molecule has 1 fully saturated rings. The van der Waals surface area contributed by atoms with Crippen LogP contribution >= 0.6 is 0 Å². The van der Waals surface area contributed by atoms with E-state index in [1.165, 1.54) is 5.57 Å². The highest BCUT2D eigenvalue weighted by molar-refractivity contribution is 5.69. The van der Waals surface area contributed by atoms with E-state index in [2.05, 4.69) is 4.99 Å². The SMILES string of the molecule is C1=NC2=C(C1)CCC21OCCO1. The molecule has 3 heteroatoms. The molecule has 0 radical (unpaired) electrons. The molecular formula is C9H11NO2. The van der Waals surface area contributed by atoms with Crippen molar-refractivity contribution in [1.82, 2.24) is 0 Å². The molecule has 0 bridgehead atoms. The Morgan fingerprint density at radius 2 is 2.17 bits per heavy atom. The zero-order valence-corrected chi connectivity index (χ0v) is 6.88. The third-order valence-electron chi connectivity index (χ3n) is 2.76. The van der Waals surface area contributed by atoms with E-state index in [-0.39, 0.29) is 0 Å². The molecule has 3 aliphatic rings. The first-order valence-electron chi connectivity index (χ1n) is 4.44. The lowest BCUT2D eigenvalue weighted by Crippen LogP contribution is -2.28. The van der Waals surface area contributed by atoms with E-state index in [0.29, 0.717) is 13.2 Å². The minimum absolute atomic E-state index is 0.428. The second kappa shape index (κ2) is 2.18. The van der Waals surface area contributed by atoms with Crippen LogP contribution in [0.5, 0.6) is 0 Å². The van der Waals surface area contributed by atoms with Gasteiger partial charge in [0.25, 0.3) is 0 Å². The Bertz CT molecular complexity index is 274. The quantitative estimate of drug-likeness (QED) is 0.541. The first-order valence-corrected chi connectivity index (χ1v) is 4.44. The Labute approximate surface area is 71.1 Å². The van der Waals surface area contributed by atoms with Crippen LogP contribution in [0.3, 0.4) is 0 Å². The normalized spacial score (nSPS) is 30.7. The fourth-order valence-electron chi connectivity index (χ4n) is 2.19. The van der Waals surface area contributed by atoms with Crippen molar-refractivity contribution in [3.05, 3.63) is 11.3 Å². The van der Waals surface area contributed by atoms with Gasteiger partial charge in [-0.25, -0.2) is 0 Å². The zero-order valence-electron chi connectivity index (χ0n) is 6.88. The fourth-order valence-corrected chi connectivity index (χ4v) is 2.19. The van der Waals surface area contributed by atoms with Crippen molar-refractivity contribution < 1.29 is 9.47 Å². The van der Waals surface area contributed by atoms with Crippen LogP contribution in [0, 0.1) is 0 Å². The van der Waals surface area contributed by atoms with Crippen molar-refractivity contribution in [2.45, 2.75) is 25.0 Å². The number of hydrogen-bond donors (Lipinski definition) is 0. The van der Waals surface area contributed by atoms with Crippen LogP contribution in [0.1, 0.15) is 19.3 Å². The molecule has 0 aromatic carbocycles. The summed E-state index contributed by atoms with van der Waals surface area (Å²) >= 11 is 0. The number of rotatable bonds is 0. The van der Waals surface area contributed by atoms with Crippen molar-refractivity contribution in [1.29, 1.82) is 0 Å². The summed E-state index contributed by atoms with van der Waals surface area (Å²) in [6.45, 7) is 1.43. The molecule has 0 amide bonds. The number of nitrogens with zero attached hydrogens (tertiary/aromatic N) is 1. The maximum Gasteiger partial charge on any atom is 0.212 e. The van der Waals surface area contributed by atoms with Gasteiger partial charge in [-0.3, -0.25) is 4.99 Å². The van der Waals surface area contributed by atoms with Gasteiger partial charge in [-0.15, -0.1) is 0 Å². The smallest absolute Gasteiger partial charge is 0.212 e. The largest absolute Gasteiger partial charge is 0.342 e. The molecule has 0 atom stereocenters. The third-order valence-corrected chi connectivity index (χ3v) is 2.76. The van der Waals surface area contributed by atoms with Gasteiger partial charge in [0.1, 0.15) is 0 Å². The summed E-state index contributed by atoms with van der Waals surface area (Å²) < 4.78 is 11.2.